The van der Waals surface area contributed by atoms with Crippen LogP contribution in [0.25, 0.3) is 0 Å². The number of halogens is 4. The number of aliphatic carboxylic acids is 1. The second-order valence-corrected chi connectivity index (χ2v) is 4.68. The van der Waals surface area contributed by atoms with Crippen molar-refractivity contribution in [3.8, 4) is 0 Å². The number of benzene rings is 1. The molecule has 2 N–H and O–H groups in total. The largest absolute Gasteiger partial charge is 0.481 e. The van der Waals surface area contributed by atoms with Gasteiger partial charge >= 0.3 is 12.1 Å². The maximum Gasteiger partial charge on any atom is 0.416 e. The zero-order chi connectivity index (χ0) is 14.6. The van der Waals surface area contributed by atoms with Crippen LogP contribution in [0.4, 0.5) is 18.9 Å². The summed E-state index contributed by atoms with van der Waals surface area (Å²) in [6.07, 6.45) is -4.45. The van der Waals surface area contributed by atoms with Crippen molar-refractivity contribution in [2.45, 2.75) is 19.5 Å². The molecule has 0 bridgehead atoms. The monoisotopic (exact) mass is 295 g/mol. The Morgan fingerprint density at radius 1 is 1.47 bits per heavy atom. The molecule has 1 rings (SSSR count). The van der Waals surface area contributed by atoms with E-state index in [0.29, 0.717) is 12.2 Å². The van der Waals surface area contributed by atoms with Crippen LogP contribution >= 0.6 is 11.6 Å². The highest BCUT2D eigenvalue weighted by Gasteiger charge is 2.30. The average Bonchev–Trinajstić information content (AvgIpc) is 2.25. The summed E-state index contributed by atoms with van der Waals surface area (Å²) < 4.78 is 37.2. The lowest BCUT2D eigenvalue weighted by Gasteiger charge is -2.14. The van der Waals surface area contributed by atoms with Crippen LogP contribution in [-0.4, -0.2) is 17.6 Å². The van der Waals surface area contributed by atoms with Crippen molar-refractivity contribution in [1.29, 1.82) is 0 Å². The van der Waals surface area contributed by atoms with E-state index in [-0.39, 0.29) is 17.4 Å². The van der Waals surface area contributed by atoms with Gasteiger partial charge in [-0.05, 0) is 24.1 Å². The lowest BCUT2D eigenvalue weighted by atomic mass is 10.1. The molecular weight excluding hydrogens is 283 g/mol. The summed E-state index contributed by atoms with van der Waals surface area (Å²) in [4.78, 5) is 10.5. The molecule has 0 spiro atoms. The van der Waals surface area contributed by atoms with Gasteiger partial charge in [0.2, 0.25) is 0 Å². The predicted molar refractivity (Wildman–Crippen MR) is 66.4 cm³/mol. The van der Waals surface area contributed by atoms with Crippen molar-refractivity contribution in [3.05, 3.63) is 28.8 Å². The number of carboxylic acid groups (broad SMARTS) is 1. The number of hydrogen-bond acceptors (Lipinski definition) is 2. The van der Waals surface area contributed by atoms with E-state index < -0.39 is 17.7 Å². The summed E-state index contributed by atoms with van der Waals surface area (Å²) in [5.74, 6) is -1.08. The summed E-state index contributed by atoms with van der Waals surface area (Å²) in [5.41, 5.74) is -0.464. The number of anilines is 1. The fraction of sp³-hybridized carbons (Fsp3) is 0.417. The summed E-state index contributed by atoms with van der Waals surface area (Å²) in [6.45, 7) is 2.04. The standard InChI is InChI=1S/C12H13ClF3NO2/c1-7(4-11(18)19)6-17-10-3-2-8(5-9(10)13)12(14,15)16/h2-3,5,7,17H,4,6H2,1H3,(H,18,19). The number of alkyl halides is 3. The van der Waals surface area contributed by atoms with Crippen LogP contribution in [0, 0.1) is 5.92 Å². The molecule has 0 fully saturated rings. The molecule has 19 heavy (non-hydrogen) atoms. The molecule has 0 amide bonds. The van der Waals surface area contributed by atoms with Crippen LogP contribution < -0.4 is 5.32 Å². The van der Waals surface area contributed by atoms with E-state index in [1.165, 1.54) is 6.07 Å². The Bertz CT molecular complexity index is 463. The Balaban J connectivity index is 2.68. The zero-order valence-electron chi connectivity index (χ0n) is 10.1. The second-order valence-electron chi connectivity index (χ2n) is 4.28. The smallest absolute Gasteiger partial charge is 0.416 e. The molecule has 0 aromatic heterocycles. The topological polar surface area (TPSA) is 49.3 Å². The van der Waals surface area contributed by atoms with Gasteiger partial charge in [-0.15, -0.1) is 0 Å². The van der Waals surface area contributed by atoms with E-state index in [9.17, 15) is 18.0 Å². The summed E-state index contributed by atoms with van der Waals surface area (Å²) in [7, 11) is 0. The van der Waals surface area contributed by atoms with Gasteiger partial charge in [-0.1, -0.05) is 18.5 Å². The Morgan fingerprint density at radius 3 is 2.58 bits per heavy atom. The van der Waals surface area contributed by atoms with Gasteiger partial charge in [-0.2, -0.15) is 13.2 Å². The van der Waals surface area contributed by atoms with Crippen LogP contribution in [0.3, 0.4) is 0 Å². The molecule has 0 aliphatic heterocycles. The van der Waals surface area contributed by atoms with Crippen molar-refractivity contribution >= 4 is 23.3 Å². The van der Waals surface area contributed by atoms with Crippen molar-refractivity contribution in [1.82, 2.24) is 0 Å². The zero-order valence-corrected chi connectivity index (χ0v) is 10.8. The molecule has 106 valence electrons. The maximum absolute atomic E-state index is 12.4. The fourth-order valence-electron chi connectivity index (χ4n) is 1.49. The molecule has 0 aliphatic carbocycles. The first kappa shape index (κ1) is 15.6. The minimum atomic E-state index is -4.43. The maximum atomic E-state index is 12.4. The van der Waals surface area contributed by atoms with E-state index in [1.807, 2.05) is 0 Å². The van der Waals surface area contributed by atoms with E-state index in [0.717, 1.165) is 12.1 Å². The minimum absolute atomic E-state index is 0.0226. The SMILES string of the molecule is CC(CNc1ccc(C(F)(F)F)cc1Cl)CC(=O)O. The molecule has 0 radical (unpaired) electrons. The third-order valence-electron chi connectivity index (χ3n) is 2.46. The van der Waals surface area contributed by atoms with E-state index in [2.05, 4.69) is 5.32 Å². The van der Waals surface area contributed by atoms with Crippen LogP contribution in [0.2, 0.25) is 5.02 Å². The lowest BCUT2D eigenvalue weighted by molar-refractivity contribution is -0.138. The summed E-state index contributed by atoms with van der Waals surface area (Å²) >= 11 is 5.75. The normalized spacial score (nSPS) is 13.1. The molecule has 1 aromatic carbocycles. The summed E-state index contributed by atoms with van der Waals surface area (Å²) in [5, 5.41) is 11.4. The van der Waals surface area contributed by atoms with Crippen LogP contribution in [0.1, 0.15) is 18.9 Å². The molecule has 0 heterocycles. The van der Waals surface area contributed by atoms with Crippen molar-refractivity contribution < 1.29 is 23.1 Å². The highest BCUT2D eigenvalue weighted by Crippen LogP contribution is 2.33. The molecule has 1 atom stereocenters. The number of carbonyl (C=O) groups is 1. The quantitative estimate of drug-likeness (QED) is 0.866. The van der Waals surface area contributed by atoms with Crippen molar-refractivity contribution in [2.75, 3.05) is 11.9 Å². The molecule has 0 saturated heterocycles. The van der Waals surface area contributed by atoms with Gasteiger partial charge in [0.1, 0.15) is 0 Å². The first-order valence-corrected chi connectivity index (χ1v) is 5.90. The lowest BCUT2D eigenvalue weighted by Crippen LogP contribution is -2.15. The van der Waals surface area contributed by atoms with Gasteiger partial charge in [-0.3, -0.25) is 4.79 Å². The van der Waals surface area contributed by atoms with E-state index >= 15 is 0 Å². The first-order chi connectivity index (χ1) is 8.70. The van der Waals surface area contributed by atoms with Crippen LogP contribution in [0.15, 0.2) is 18.2 Å². The highest BCUT2D eigenvalue weighted by molar-refractivity contribution is 6.33. The Kier molecular flexibility index (Phi) is 5.05. The van der Waals surface area contributed by atoms with Gasteiger partial charge in [0.15, 0.2) is 0 Å². The third-order valence-corrected chi connectivity index (χ3v) is 2.77. The third kappa shape index (κ3) is 4.98. The second kappa shape index (κ2) is 6.14. The van der Waals surface area contributed by atoms with Crippen molar-refractivity contribution in [2.24, 2.45) is 5.92 Å². The fourth-order valence-corrected chi connectivity index (χ4v) is 1.74. The molecule has 1 aromatic rings. The Labute approximate surface area is 113 Å². The molecule has 0 aliphatic rings. The van der Waals surface area contributed by atoms with Crippen LogP contribution in [-0.2, 0) is 11.0 Å². The first-order valence-electron chi connectivity index (χ1n) is 5.52. The molecular formula is C12H13ClF3NO2. The van der Waals surface area contributed by atoms with E-state index in [4.69, 9.17) is 16.7 Å². The Hall–Kier alpha value is -1.43. The molecule has 0 saturated carbocycles. The van der Waals surface area contributed by atoms with Crippen LogP contribution in [0.5, 0.6) is 0 Å². The number of hydrogen-bond donors (Lipinski definition) is 2. The van der Waals surface area contributed by atoms with Gasteiger partial charge < -0.3 is 10.4 Å². The minimum Gasteiger partial charge on any atom is -0.481 e. The number of carboxylic acids is 1. The van der Waals surface area contributed by atoms with E-state index in [1.54, 1.807) is 6.92 Å². The number of nitrogens with one attached hydrogen (secondary N) is 1. The highest BCUT2D eigenvalue weighted by atomic mass is 35.5. The van der Waals surface area contributed by atoms with Gasteiger partial charge in [0.25, 0.3) is 0 Å². The van der Waals surface area contributed by atoms with Gasteiger partial charge in [0, 0.05) is 13.0 Å². The molecule has 7 heteroatoms. The summed E-state index contributed by atoms with van der Waals surface area (Å²) in [6, 6.07) is 3.00. The van der Waals surface area contributed by atoms with Crippen molar-refractivity contribution in [3.63, 3.8) is 0 Å². The van der Waals surface area contributed by atoms with Gasteiger partial charge in [-0.25, -0.2) is 0 Å². The molecule has 3 nitrogen and oxygen atoms in total. The number of rotatable bonds is 5. The van der Waals surface area contributed by atoms with Gasteiger partial charge in [0.05, 0.1) is 16.3 Å². The molecule has 1 unspecified atom stereocenters. The average molecular weight is 296 g/mol. The Morgan fingerprint density at radius 2 is 2.11 bits per heavy atom. The predicted octanol–water partition coefficient (Wildman–Crippen LogP) is 3.88.